The summed E-state index contributed by atoms with van der Waals surface area (Å²) in [5.41, 5.74) is 1.99. The van der Waals surface area contributed by atoms with Gasteiger partial charge in [0.15, 0.2) is 0 Å². The second kappa shape index (κ2) is 9.04. The molecule has 5 nitrogen and oxygen atoms in total. The predicted molar refractivity (Wildman–Crippen MR) is 109 cm³/mol. The fourth-order valence-corrected chi connectivity index (χ4v) is 4.27. The van der Waals surface area contributed by atoms with Gasteiger partial charge >= 0.3 is 4.87 Å². The van der Waals surface area contributed by atoms with E-state index in [-0.39, 0.29) is 29.2 Å². The third-order valence-corrected chi connectivity index (χ3v) is 5.95. The minimum Gasteiger partial charge on any atom is -0.333 e. The molecule has 8 heteroatoms. The normalized spacial score (nSPS) is 17.0. The maximum atomic E-state index is 12.8. The van der Waals surface area contributed by atoms with Crippen molar-refractivity contribution in [1.82, 2.24) is 14.8 Å². The van der Waals surface area contributed by atoms with Crippen LogP contribution >= 0.6 is 35.3 Å². The van der Waals surface area contributed by atoms with Crippen molar-refractivity contribution < 1.29 is 4.79 Å². The van der Waals surface area contributed by atoms with Crippen LogP contribution in [0.5, 0.6) is 0 Å². The van der Waals surface area contributed by atoms with E-state index in [0.717, 1.165) is 22.7 Å². The molecule has 1 fully saturated rings. The zero-order valence-electron chi connectivity index (χ0n) is 14.8. The van der Waals surface area contributed by atoms with Crippen molar-refractivity contribution in [3.8, 4) is 0 Å². The highest BCUT2D eigenvalue weighted by Crippen LogP contribution is 2.25. The van der Waals surface area contributed by atoms with Crippen LogP contribution in [0.3, 0.4) is 0 Å². The zero-order valence-corrected chi connectivity index (χ0v) is 17.2. The first kappa shape index (κ1) is 21.0. The third-order valence-electron chi connectivity index (χ3n) is 4.72. The standard InChI is InChI=1S/C18H22ClN3O2S.ClH/c1-12-13(2)25-18(24)21(12)8-6-17(23)22-9-7-20-11-16(22)14-4-3-5-15(19)10-14;/h3-5,10,16,20H,6-9,11H2,1-2H3;1H. The van der Waals surface area contributed by atoms with Crippen molar-refractivity contribution in [3.05, 3.63) is 55.1 Å². The molecule has 1 N–H and O–H groups in total. The maximum absolute atomic E-state index is 12.8. The van der Waals surface area contributed by atoms with Gasteiger partial charge in [0.05, 0.1) is 6.04 Å². The Morgan fingerprint density at radius 1 is 1.38 bits per heavy atom. The molecule has 1 aromatic heterocycles. The molecule has 26 heavy (non-hydrogen) atoms. The molecule has 0 aliphatic carbocycles. The van der Waals surface area contributed by atoms with E-state index in [0.29, 0.717) is 31.1 Å². The largest absolute Gasteiger partial charge is 0.333 e. The second-order valence-electron chi connectivity index (χ2n) is 6.27. The first-order chi connectivity index (χ1) is 12.0. The summed E-state index contributed by atoms with van der Waals surface area (Å²) >= 11 is 7.35. The van der Waals surface area contributed by atoms with Crippen LogP contribution in [0.25, 0.3) is 0 Å². The van der Waals surface area contributed by atoms with Crippen LogP contribution in [0.15, 0.2) is 29.1 Å². The van der Waals surface area contributed by atoms with Crippen molar-refractivity contribution in [2.45, 2.75) is 32.9 Å². The Morgan fingerprint density at radius 2 is 2.15 bits per heavy atom. The molecule has 1 atom stereocenters. The molecule has 0 radical (unpaired) electrons. The highest BCUT2D eigenvalue weighted by Gasteiger charge is 2.27. The molecule has 1 saturated heterocycles. The Bertz CT molecular complexity index is 834. The Kier molecular flexibility index (Phi) is 7.29. The first-order valence-corrected chi connectivity index (χ1v) is 9.59. The lowest BCUT2D eigenvalue weighted by Gasteiger charge is -2.36. The Labute approximate surface area is 168 Å². The van der Waals surface area contributed by atoms with E-state index in [4.69, 9.17) is 11.6 Å². The molecule has 0 bridgehead atoms. The van der Waals surface area contributed by atoms with Crippen molar-refractivity contribution >= 4 is 41.3 Å². The third kappa shape index (κ3) is 4.49. The van der Waals surface area contributed by atoms with Gasteiger partial charge in [-0.3, -0.25) is 9.59 Å². The van der Waals surface area contributed by atoms with Gasteiger partial charge in [-0.05, 0) is 31.5 Å². The minimum absolute atomic E-state index is 0. The summed E-state index contributed by atoms with van der Waals surface area (Å²) in [5, 5.41) is 4.02. The van der Waals surface area contributed by atoms with Gasteiger partial charge in [0.1, 0.15) is 0 Å². The van der Waals surface area contributed by atoms with Crippen molar-refractivity contribution in [1.29, 1.82) is 0 Å². The van der Waals surface area contributed by atoms with E-state index < -0.39 is 0 Å². The number of carbonyl (C=O) groups excluding carboxylic acids is 1. The molecule has 1 aliphatic rings. The summed E-state index contributed by atoms with van der Waals surface area (Å²) in [6, 6.07) is 7.63. The quantitative estimate of drug-likeness (QED) is 0.833. The van der Waals surface area contributed by atoms with Crippen LogP contribution in [-0.4, -0.2) is 35.0 Å². The van der Waals surface area contributed by atoms with E-state index in [2.05, 4.69) is 5.32 Å². The molecule has 2 heterocycles. The summed E-state index contributed by atoms with van der Waals surface area (Å²) in [6.07, 6.45) is 0.327. The van der Waals surface area contributed by atoms with E-state index in [1.807, 2.05) is 43.0 Å². The molecule has 0 spiro atoms. The van der Waals surface area contributed by atoms with E-state index in [9.17, 15) is 9.59 Å². The molecule has 1 aromatic carbocycles. The Hall–Kier alpha value is -1.34. The molecule has 1 aliphatic heterocycles. The van der Waals surface area contributed by atoms with Crippen LogP contribution < -0.4 is 10.2 Å². The lowest BCUT2D eigenvalue weighted by molar-refractivity contribution is -0.134. The SMILES string of the molecule is Cc1sc(=O)n(CCC(=O)N2CCNCC2c2cccc(Cl)c2)c1C.Cl. The number of nitrogens with zero attached hydrogens (tertiary/aromatic N) is 2. The number of benzene rings is 1. The molecule has 1 unspecified atom stereocenters. The number of carbonyl (C=O) groups is 1. The molecule has 3 rings (SSSR count). The van der Waals surface area contributed by atoms with Gasteiger partial charge in [-0.15, -0.1) is 12.4 Å². The summed E-state index contributed by atoms with van der Waals surface area (Å²) < 4.78 is 1.70. The number of nitrogens with one attached hydrogen (secondary N) is 1. The number of hydrogen-bond acceptors (Lipinski definition) is 4. The highest BCUT2D eigenvalue weighted by atomic mass is 35.5. The molecule has 1 amide bonds. The fourth-order valence-electron chi connectivity index (χ4n) is 3.21. The van der Waals surface area contributed by atoms with Gasteiger partial charge in [0.2, 0.25) is 5.91 Å². The number of thiazole rings is 1. The lowest BCUT2D eigenvalue weighted by Crippen LogP contribution is -2.48. The van der Waals surface area contributed by atoms with Gasteiger partial charge in [0, 0.05) is 48.2 Å². The average molecular weight is 416 g/mol. The lowest BCUT2D eigenvalue weighted by atomic mass is 10.0. The van der Waals surface area contributed by atoms with Crippen LogP contribution in [0.1, 0.15) is 28.6 Å². The molecule has 0 saturated carbocycles. The van der Waals surface area contributed by atoms with Crippen LogP contribution in [-0.2, 0) is 11.3 Å². The van der Waals surface area contributed by atoms with Crippen LogP contribution in [0.2, 0.25) is 5.02 Å². The topological polar surface area (TPSA) is 54.3 Å². The number of aromatic nitrogens is 1. The van der Waals surface area contributed by atoms with Crippen molar-refractivity contribution in [2.24, 2.45) is 0 Å². The van der Waals surface area contributed by atoms with Gasteiger partial charge in [0.25, 0.3) is 0 Å². The molecule has 2 aromatic rings. The van der Waals surface area contributed by atoms with Crippen molar-refractivity contribution in [2.75, 3.05) is 19.6 Å². The Balaban J connectivity index is 0.00000243. The van der Waals surface area contributed by atoms with E-state index >= 15 is 0 Å². The molecular formula is C18H23Cl2N3O2S. The van der Waals surface area contributed by atoms with Gasteiger partial charge in [-0.25, -0.2) is 0 Å². The second-order valence-corrected chi connectivity index (χ2v) is 7.88. The smallest absolute Gasteiger partial charge is 0.307 e. The van der Waals surface area contributed by atoms with Gasteiger partial charge < -0.3 is 14.8 Å². The van der Waals surface area contributed by atoms with Crippen molar-refractivity contribution in [3.63, 3.8) is 0 Å². The number of hydrogen-bond donors (Lipinski definition) is 1. The van der Waals surface area contributed by atoms with E-state index in [1.54, 1.807) is 4.57 Å². The predicted octanol–water partition coefficient (Wildman–Crippen LogP) is 3.17. The summed E-state index contributed by atoms with van der Waals surface area (Å²) in [7, 11) is 0. The summed E-state index contributed by atoms with van der Waals surface area (Å²) in [6.45, 7) is 6.44. The van der Waals surface area contributed by atoms with Crippen LogP contribution in [0.4, 0.5) is 0 Å². The van der Waals surface area contributed by atoms with Gasteiger partial charge in [-0.1, -0.05) is 35.1 Å². The summed E-state index contributed by atoms with van der Waals surface area (Å²) in [5.74, 6) is 0.0710. The Morgan fingerprint density at radius 3 is 2.81 bits per heavy atom. The van der Waals surface area contributed by atoms with E-state index in [1.165, 1.54) is 11.3 Å². The average Bonchev–Trinajstić information content (AvgIpc) is 2.85. The highest BCUT2D eigenvalue weighted by molar-refractivity contribution is 7.09. The maximum Gasteiger partial charge on any atom is 0.307 e. The number of aryl methyl sites for hydroxylation is 1. The van der Waals surface area contributed by atoms with Gasteiger partial charge in [-0.2, -0.15) is 0 Å². The zero-order chi connectivity index (χ0) is 18.0. The number of halogens is 2. The molecule has 142 valence electrons. The number of amides is 1. The van der Waals surface area contributed by atoms with Crippen LogP contribution in [0, 0.1) is 13.8 Å². The number of piperazine rings is 1. The fraction of sp³-hybridized carbons (Fsp3) is 0.444. The first-order valence-electron chi connectivity index (χ1n) is 8.40. The monoisotopic (exact) mass is 415 g/mol. The molecular weight excluding hydrogens is 393 g/mol. The summed E-state index contributed by atoms with van der Waals surface area (Å²) in [4.78, 5) is 27.8. The minimum atomic E-state index is -0.0259. The number of rotatable bonds is 4.